The fourth-order valence-corrected chi connectivity index (χ4v) is 2.70. The quantitative estimate of drug-likeness (QED) is 0.326. The van der Waals surface area contributed by atoms with E-state index >= 15 is 0 Å². The van der Waals surface area contributed by atoms with Crippen molar-refractivity contribution in [3.05, 3.63) is 42.5 Å². The maximum Gasteiger partial charge on any atom is 0.330 e. The number of hydrogen-bond donors (Lipinski definition) is 1. The Morgan fingerprint density at radius 3 is 2.64 bits per heavy atom. The second kappa shape index (κ2) is 12.1. The molecule has 0 spiro atoms. The number of nitrogens with one attached hydrogen (secondary N) is 1. The van der Waals surface area contributed by atoms with Crippen molar-refractivity contribution < 1.29 is 9.53 Å². The van der Waals surface area contributed by atoms with Crippen LogP contribution in [0.1, 0.15) is 51.9 Å². The van der Waals surface area contributed by atoms with Gasteiger partial charge in [-0.1, -0.05) is 56.5 Å². The van der Waals surface area contributed by atoms with E-state index < -0.39 is 11.4 Å². The van der Waals surface area contributed by atoms with Gasteiger partial charge >= 0.3 is 5.97 Å². The predicted octanol–water partition coefficient (Wildman–Crippen LogP) is 5.09. The molecule has 0 fully saturated rings. The van der Waals surface area contributed by atoms with Crippen molar-refractivity contribution >= 4 is 11.7 Å². The summed E-state index contributed by atoms with van der Waals surface area (Å²) in [4.78, 5) is 12.2. The number of ether oxygens (including phenoxy) is 1. The molecule has 1 unspecified atom stereocenters. The van der Waals surface area contributed by atoms with Gasteiger partial charge in [-0.2, -0.15) is 5.26 Å². The van der Waals surface area contributed by atoms with E-state index in [-0.39, 0.29) is 0 Å². The summed E-state index contributed by atoms with van der Waals surface area (Å²) in [7, 11) is 1.34. The summed E-state index contributed by atoms with van der Waals surface area (Å²) in [5, 5.41) is 12.9. The largest absolute Gasteiger partial charge is 0.468 e. The van der Waals surface area contributed by atoms with Gasteiger partial charge in [-0.25, -0.2) is 4.79 Å². The van der Waals surface area contributed by atoms with Gasteiger partial charge < -0.3 is 10.1 Å². The third-order valence-electron chi connectivity index (χ3n) is 4.23. The van der Waals surface area contributed by atoms with Gasteiger partial charge in [0.05, 0.1) is 13.2 Å². The van der Waals surface area contributed by atoms with Crippen molar-refractivity contribution in [1.29, 1.82) is 5.26 Å². The van der Waals surface area contributed by atoms with Crippen molar-refractivity contribution in [3.8, 4) is 6.07 Å². The van der Waals surface area contributed by atoms with Crippen LogP contribution in [0.5, 0.6) is 0 Å². The van der Waals surface area contributed by atoms with Crippen LogP contribution in [0.15, 0.2) is 42.5 Å². The smallest absolute Gasteiger partial charge is 0.330 e. The minimum atomic E-state index is -1.18. The van der Waals surface area contributed by atoms with Crippen molar-refractivity contribution in [2.45, 2.75) is 51.9 Å². The minimum absolute atomic E-state index is 0.446. The SMILES string of the molecule is CCCCCC/C=C/C(C#N)(CCCNc1ccccc1)C(=O)OC. The number of hydrogen-bond acceptors (Lipinski definition) is 4. The summed E-state index contributed by atoms with van der Waals surface area (Å²) in [5.74, 6) is -0.473. The lowest BCUT2D eigenvalue weighted by Gasteiger charge is -2.20. The van der Waals surface area contributed by atoms with E-state index in [0.29, 0.717) is 19.4 Å². The van der Waals surface area contributed by atoms with Gasteiger partial charge in [0.1, 0.15) is 0 Å². The normalized spacial score (nSPS) is 13.2. The van der Waals surface area contributed by atoms with Crippen molar-refractivity contribution in [3.63, 3.8) is 0 Å². The van der Waals surface area contributed by atoms with Crippen molar-refractivity contribution in [2.24, 2.45) is 5.41 Å². The fraction of sp³-hybridized carbons (Fsp3) is 0.524. The molecule has 136 valence electrons. The van der Waals surface area contributed by atoms with Crippen LogP contribution in [-0.4, -0.2) is 19.6 Å². The summed E-state index contributed by atoms with van der Waals surface area (Å²) in [6.45, 7) is 2.88. The molecule has 0 aliphatic rings. The minimum Gasteiger partial charge on any atom is -0.468 e. The van der Waals surface area contributed by atoms with E-state index in [1.54, 1.807) is 6.08 Å². The monoisotopic (exact) mass is 342 g/mol. The molecule has 0 amide bonds. The van der Waals surface area contributed by atoms with Crippen LogP contribution in [0.3, 0.4) is 0 Å². The van der Waals surface area contributed by atoms with Crippen LogP contribution in [0.25, 0.3) is 0 Å². The number of rotatable bonds is 12. The second-order valence-electron chi connectivity index (χ2n) is 6.22. The number of nitriles is 1. The molecule has 25 heavy (non-hydrogen) atoms. The maximum atomic E-state index is 12.2. The molecule has 0 aliphatic heterocycles. The lowest BCUT2D eigenvalue weighted by atomic mass is 9.84. The number of carbonyl (C=O) groups excluding carboxylic acids is 1. The molecule has 0 aromatic heterocycles. The van der Waals surface area contributed by atoms with E-state index in [9.17, 15) is 10.1 Å². The number of carbonyl (C=O) groups is 1. The van der Waals surface area contributed by atoms with E-state index in [0.717, 1.165) is 18.5 Å². The number of para-hydroxylation sites is 1. The highest BCUT2D eigenvalue weighted by Gasteiger charge is 2.36. The van der Waals surface area contributed by atoms with Gasteiger partial charge in [-0.15, -0.1) is 0 Å². The van der Waals surface area contributed by atoms with Crippen molar-refractivity contribution in [1.82, 2.24) is 0 Å². The van der Waals surface area contributed by atoms with Crippen LogP contribution in [-0.2, 0) is 9.53 Å². The standard InChI is InChI=1S/C21H30N2O2/c1-3-4-5-6-7-11-15-21(18-22,20(24)25-2)16-12-17-23-19-13-9-8-10-14-19/h8-11,13-15,23H,3-7,12,16-17H2,1-2H3/b15-11+. The molecule has 0 radical (unpaired) electrons. The summed E-state index contributed by atoms with van der Waals surface area (Å²) in [5.41, 5.74) is -0.146. The molecule has 0 saturated carbocycles. The Labute approximate surface area is 151 Å². The van der Waals surface area contributed by atoms with E-state index in [1.165, 1.54) is 26.4 Å². The third-order valence-corrected chi connectivity index (χ3v) is 4.23. The Kier molecular flexibility index (Phi) is 10.1. The van der Waals surface area contributed by atoms with Gasteiger partial charge in [0.15, 0.2) is 5.41 Å². The molecular formula is C21H30N2O2. The highest BCUT2D eigenvalue weighted by Crippen LogP contribution is 2.27. The van der Waals surface area contributed by atoms with Crippen LogP contribution < -0.4 is 5.32 Å². The molecule has 4 nitrogen and oxygen atoms in total. The molecule has 1 N–H and O–H groups in total. The molecule has 0 aliphatic carbocycles. The molecule has 0 bridgehead atoms. The van der Waals surface area contributed by atoms with Crippen LogP contribution >= 0.6 is 0 Å². The van der Waals surface area contributed by atoms with E-state index in [1.807, 2.05) is 36.4 Å². The average molecular weight is 342 g/mol. The van der Waals surface area contributed by atoms with E-state index in [4.69, 9.17) is 4.74 Å². The Balaban J connectivity index is 2.55. The second-order valence-corrected chi connectivity index (χ2v) is 6.22. The molecule has 4 heteroatoms. The zero-order valence-electron chi connectivity index (χ0n) is 15.5. The number of unbranched alkanes of at least 4 members (excludes halogenated alkanes) is 4. The number of allylic oxidation sites excluding steroid dienone is 1. The summed E-state index contributed by atoms with van der Waals surface area (Å²) in [6, 6.07) is 12.1. The molecule has 1 atom stereocenters. The molecular weight excluding hydrogens is 312 g/mol. The Hall–Kier alpha value is -2.28. The number of benzene rings is 1. The molecule has 1 aromatic rings. The molecule has 1 rings (SSSR count). The summed E-state index contributed by atoms with van der Waals surface area (Å²) in [6.07, 6.45) is 10.4. The highest BCUT2D eigenvalue weighted by molar-refractivity contribution is 5.82. The van der Waals surface area contributed by atoms with Crippen molar-refractivity contribution in [2.75, 3.05) is 19.0 Å². The fourth-order valence-electron chi connectivity index (χ4n) is 2.70. The zero-order chi connectivity index (χ0) is 18.4. The first-order valence-corrected chi connectivity index (χ1v) is 9.15. The van der Waals surface area contributed by atoms with Crippen LogP contribution in [0.4, 0.5) is 5.69 Å². The molecule has 0 heterocycles. The number of esters is 1. The number of methoxy groups -OCH3 is 1. The average Bonchev–Trinajstić information content (AvgIpc) is 2.66. The lowest BCUT2D eigenvalue weighted by molar-refractivity contribution is -0.147. The summed E-state index contributed by atoms with van der Waals surface area (Å²) < 4.78 is 4.88. The van der Waals surface area contributed by atoms with Gasteiger partial charge in [-0.3, -0.25) is 0 Å². The Morgan fingerprint density at radius 1 is 1.24 bits per heavy atom. The predicted molar refractivity (Wildman–Crippen MR) is 102 cm³/mol. The Morgan fingerprint density at radius 2 is 2.00 bits per heavy atom. The highest BCUT2D eigenvalue weighted by atomic mass is 16.5. The van der Waals surface area contributed by atoms with E-state index in [2.05, 4.69) is 18.3 Å². The van der Waals surface area contributed by atoms with Gasteiger partial charge in [0, 0.05) is 12.2 Å². The maximum absolute atomic E-state index is 12.2. The van der Waals surface area contributed by atoms with Crippen LogP contribution in [0, 0.1) is 16.7 Å². The number of anilines is 1. The molecule has 0 saturated heterocycles. The van der Waals surface area contributed by atoms with Crippen LogP contribution in [0.2, 0.25) is 0 Å². The molecule has 1 aromatic carbocycles. The first kappa shape index (κ1) is 20.8. The lowest BCUT2D eigenvalue weighted by Crippen LogP contribution is -2.29. The summed E-state index contributed by atoms with van der Waals surface area (Å²) >= 11 is 0. The zero-order valence-corrected chi connectivity index (χ0v) is 15.5. The first-order chi connectivity index (χ1) is 12.2. The topological polar surface area (TPSA) is 62.1 Å². The van der Waals surface area contributed by atoms with Gasteiger partial charge in [0.25, 0.3) is 0 Å². The number of nitrogens with zero attached hydrogens (tertiary/aromatic N) is 1. The third kappa shape index (κ3) is 7.43. The van der Waals surface area contributed by atoms with Gasteiger partial charge in [0.2, 0.25) is 0 Å². The van der Waals surface area contributed by atoms with Gasteiger partial charge in [-0.05, 0) is 37.8 Å². The first-order valence-electron chi connectivity index (χ1n) is 9.15. The Bertz CT molecular complexity index is 563.